The monoisotopic (exact) mass is 265 g/mol. The summed E-state index contributed by atoms with van der Waals surface area (Å²) in [4.78, 5) is 15.5. The highest BCUT2D eigenvalue weighted by molar-refractivity contribution is 7.14. The topological polar surface area (TPSA) is 40.5 Å². The minimum absolute atomic E-state index is 0.0459. The molecule has 1 aromatic heterocycles. The number of hydrogen-bond donors (Lipinski definition) is 1. The third kappa shape index (κ3) is 3.86. The fourth-order valence-corrected chi connectivity index (χ4v) is 2.24. The molecule has 1 heterocycles. The summed E-state index contributed by atoms with van der Waals surface area (Å²) >= 11 is 1.40. The van der Waals surface area contributed by atoms with E-state index in [4.69, 9.17) is 5.11 Å². The molecule has 0 spiro atoms. The summed E-state index contributed by atoms with van der Waals surface area (Å²) in [6.07, 6.45) is 1.41. The van der Waals surface area contributed by atoms with Gasteiger partial charge < -0.3 is 10.0 Å². The van der Waals surface area contributed by atoms with Gasteiger partial charge in [-0.1, -0.05) is 18.8 Å². The Morgan fingerprint density at radius 3 is 2.89 bits per heavy atom. The summed E-state index contributed by atoms with van der Waals surface area (Å²) in [5.74, 6) is 5.84. The molecule has 1 unspecified atom stereocenters. The van der Waals surface area contributed by atoms with Gasteiger partial charge in [0.05, 0.1) is 16.4 Å². The highest BCUT2D eigenvalue weighted by Crippen LogP contribution is 2.18. The van der Waals surface area contributed by atoms with Crippen molar-refractivity contribution < 1.29 is 9.90 Å². The molecule has 3 nitrogen and oxygen atoms in total. The van der Waals surface area contributed by atoms with Gasteiger partial charge in [-0.05, 0) is 25.5 Å². The molecule has 1 amide bonds. The highest BCUT2D eigenvalue weighted by atomic mass is 32.1. The van der Waals surface area contributed by atoms with Crippen molar-refractivity contribution in [2.45, 2.75) is 32.7 Å². The SMILES string of the molecule is CCC(C)N(C)C(=O)c1ccc(C#CCCO)s1. The van der Waals surface area contributed by atoms with E-state index in [0.717, 1.165) is 11.3 Å². The zero-order valence-corrected chi connectivity index (χ0v) is 11.9. The van der Waals surface area contributed by atoms with E-state index in [2.05, 4.69) is 18.8 Å². The van der Waals surface area contributed by atoms with Gasteiger partial charge in [-0.15, -0.1) is 11.3 Å². The molecular weight excluding hydrogens is 246 g/mol. The number of carbonyl (C=O) groups is 1. The molecule has 1 rings (SSSR count). The number of rotatable bonds is 4. The standard InChI is InChI=1S/C14H19NO2S/c1-4-11(2)15(3)14(17)13-9-8-12(18-13)7-5-6-10-16/h8-9,11,16H,4,6,10H2,1-3H3. The van der Waals surface area contributed by atoms with E-state index < -0.39 is 0 Å². The number of thiophene rings is 1. The summed E-state index contributed by atoms with van der Waals surface area (Å²) < 4.78 is 0. The van der Waals surface area contributed by atoms with Crippen LogP contribution in [0.1, 0.15) is 41.2 Å². The van der Waals surface area contributed by atoms with Gasteiger partial charge in [0.1, 0.15) is 0 Å². The van der Waals surface area contributed by atoms with E-state index in [-0.39, 0.29) is 18.6 Å². The Kier molecular flexibility index (Phi) is 5.90. The first kappa shape index (κ1) is 14.7. The molecule has 0 aliphatic carbocycles. The van der Waals surface area contributed by atoms with E-state index in [9.17, 15) is 4.79 Å². The maximum atomic E-state index is 12.1. The lowest BCUT2D eigenvalue weighted by Crippen LogP contribution is -2.34. The Bertz CT molecular complexity index is 456. The van der Waals surface area contributed by atoms with Crippen LogP contribution < -0.4 is 0 Å². The maximum Gasteiger partial charge on any atom is 0.263 e. The smallest absolute Gasteiger partial charge is 0.263 e. The van der Waals surface area contributed by atoms with Crippen molar-refractivity contribution >= 4 is 17.2 Å². The molecule has 1 N–H and O–H groups in total. The van der Waals surface area contributed by atoms with Gasteiger partial charge in [0.2, 0.25) is 0 Å². The van der Waals surface area contributed by atoms with Crippen molar-refractivity contribution in [2.75, 3.05) is 13.7 Å². The zero-order valence-electron chi connectivity index (χ0n) is 11.1. The Morgan fingerprint density at radius 1 is 1.56 bits per heavy atom. The second-order valence-corrected chi connectivity index (χ2v) is 5.20. The van der Waals surface area contributed by atoms with Crippen LogP contribution in [0.4, 0.5) is 0 Å². The first-order valence-electron chi connectivity index (χ1n) is 6.06. The van der Waals surface area contributed by atoms with Gasteiger partial charge in [-0.3, -0.25) is 4.79 Å². The Balaban J connectivity index is 2.74. The average molecular weight is 265 g/mol. The fraction of sp³-hybridized carbons (Fsp3) is 0.500. The summed E-state index contributed by atoms with van der Waals surface area (Å²) in [6, 6.07) is 3.91. The van der Waals surface area contributed by atoms with E-state index in [1.165, 1.54) is 11.3 Å². The molecule has 0 aromatic carbocycles. The predicted molar refractivity (Wildman–Crippen MR) is 74.7 cm³/mol. The van der Waals surface area contributed by atoms with Gasteiger partial charge in [0.25, 0.3) is 5.91 Å². The fourth-order valence-electron chi connectivity index (χ4n) is 1.37. The van der Waals surface area contributed by atoms with Crippen LogP contribution >= 0.6 is 11.3 Å². The molecule has 1 atom stereocenters. The summed E-state index contributed by atoms with van der Waals surface area (Å²) in [6.45, 7) is 4.17. The van der Waals surface area contributed by atoms with Crippen molar-refractivity contribution in [1.29, 1.82) is 0 Å². The molecular formula is C14H19NO2S. The quantitative estimate of drug-likeness (QED) is 0.849. The van der Waals surface area contributed by atoms with Gasteiger partial charge in [-0.2, -0.15) is 0 Å². The number of hydrogen-bond acceptors (Lipinski definition) is 3. The number of carbonyl (C=O) groups excluding carboxylic acids is 1. The first-order valence-corrected chi connectivity index (χ1v) is 6.88. The lowest BCUT2D eigenvalue weighted by molar-refractivity contribution is 0.0745. The highest BCUT2D eigenvalue weighted by Gasteiger charge is 2.17. The molecule has 0 saturated heterocycles. The van der Waals surface area contributed by atoms with Crippen molar-refractivity contribution in [1.82, 2.24) is 4.90 Å². The molecule has 0 bridgehead atoms. The Labute approximate surface area is 112 Å². The lowest BCUT2D eigenvalue weighted by Gasteiger charge is -2.22. The minimum atomic E-state index is 0.0459. The third-order valence-corrected chi connectivity index (χ3v) is 3.83. The van der Waals surface area contributed by atoms with Crippen LogP contribution in [0.15, 0.2) is 12.1 Å². The number of nitrogens with zero attached hydrogens (tertiary/aromatic N) is 1. The van der Waals surface area contributed by atoms with Crippen LogP contribution in [-0.4, -0.2) is 35.6 Å². The molecule has 0 aliphatic heterocycles. The van der Waals surface area contributed by atoms with Crippen LogP contribution in [0, 0.1) is 11.8 Å². The van der Waals surface area contributed by atoms with Crippen LogP contribution in [-0.2, 0) is 0 Å². The number of aliphatic hydroxyl groups excluding tert-OH is 1. The molecule has 98 valence electrons. The van der Waals surface area contributed by atoms with Crippen LogP contribution in [0.3, 0.4) is 0 Å². The summed E-state index contributed by atoms with van der Waals surface area (Å²) in [7, 11) is 1.83. The molecule has 0 fully saturated rings. The van der Waals surface area contributed by atoms with Crippen molar-refractivity contribution in [2.24, 2.45) is 0 Å². The van der Waals surface area contributed by atoms with E-state index in [1.54, 1.807) is 4.90 Å². The van der Waals surface area contributed by atoms with Crippen molar-refractivity contribution in [3.8, 4) is 11.8 Å². The first-order chi connectivity index (χ1) is 8.60. The van der Waals surface area contributed by atoms with E-state index in [0.29, 0.717) is 11.3 Å². The third-order valence-electron chi connectivity index (χ3n) is 2.84. The van der Waals surface area contributed by atoms with Gasteiger partial charge in [0, 0.05) is 19.5 Å². The Morgan fingerprint density at radius 2 is 2.28 bits per heavy atom. The molecule has 0 aliphatic rings. The maximum absolute atomic E-state index is 12.1. The molecule has 0 radical (unpaired) electrons. The molecule has 1 aromatic rings. The number of amides is 1. The van der Waals surface area contributed by atoms with E-state index >= 15 is 0 Å². The van der Waals surface area contributed by atoms with Crippen LogP contribution in [0.25, 0.3) is 0 Å². The minimum Gasteiger partial charge on any atom is -0.395 e. The van der Waals surface area contributed by atoms with Crippen LogP contribution in [0.5, 0.6) is 0 Å². The van der Waals surface area contributed by atoms with E-state index in [1.807, 2.05) is 26.1 Å². The number of aliphatic hydroxyl groups is 1. The van der Waals surface area contributed by atoms with Crippen molar-refractivity contribution in [3.63, 3.8) is 0 Å². The van der Waals surface area contributed by atoms with Crippen molar-refractivity contribution in [3.05, 3.63) is 21.9 Å². The summed E-state index contributed by atoms with van der Waals surface area (Å²) in [5, 5.41) is 8.64. The lowest BCUT2D eigenvalue weighted by atomic mass is 10.2. The second-order valence-electron chi connectivity index (χ2n) is 4.11. The van der Waals surface area contributed by atoms with Crippen LogP contribution in [0.2, 0.25) is 0 Å². The normalized spacial score (nSPS) is 11.6. The average Bonchev–Trinajstić information content (AvgIpc) is 2.85. The Hall–Kier alpha value is -1.31. The molecule has 0 saturated carbocycles. The van der Waals surface area contributed by atoms with Gasteiger partial charge in [0.15, 0.2) is 0 Å². The summed E-state index contributed by atoms with van der Waals surface area (Å²) in [5.41, 5.74) is 0. The molecule has 4 heteroatoms. The van der Waals surface area contributed by atoms with Gasteiger partial charge in [-0.25, -0.2) is 0 Å². The second kappa shape index (κ2) is 7.20. The van der Waals surface area contributed by atoms with Gasteiger partial charge >= 0.3 is 0 Å². The zero-order chi connectivity index (χ0) is 13.5. The largest absolute Gasteiger partial charge is 0.395 e. The predicted octanol–water partition coefficient (Wildman–Crippen LogP) is 2.35. The molecule has 18 heavy (non-hydrogen) atoms.